The SMILES string of the molecule is CC(=O)OCOC(=O)N(C(C)=O)c1cccc(-c2cnc3c(N4CCOCC4)nc(-c4cnc(N)nc4)nc3c2)c1. The Hall–Kier alpha value is -5.24. The van der Waals surface area contributed by atoms with Gasteiger partial charge < -0.3 is 24.8 Å². The zero-order valence-electron chi connectivity index (χ0n) is 22.3. The Labute approximate surface area is 234 Å². The van der Waals surface area contributed by atoms with Crippen molar-refractivity contribution in [1.82, 2.24) is 24.9 Å². The van der Waals surface area contributed by atoms with Crippen LogP contribution in [0, 0.1) is 0 Å². The highest BCUT2D eigenvalue weighted by Crippen LogP contribution is 2.31. The number of nitrogens with zero attached hydrogens (tertiary/aromatic N) is 7. The number of nitrogen functional groups attached to an aromatic ring is 1. The van der Waals surface area contributed by atoms with Crippen LogP contribution in [0.3, 0.4) is 0 Å². The molecule has 1 saturated heterocycles. The number of anilines is 3. The van der Waals surface area contributed by atoms with Crippen molar-refractivity contribution in [2.45, 2.75) is 13.8 Å². The van der Waals surface area contributed by atoms with Crippen molar-refractivity contribution >= 4 is 46.5 Å². The fraction of sp³-hybridized carbons (Fsp3) is 0.259. The summed E-state index contributed by atoms with van der Waals surface area (Å²) < 4.78 is 15.1. The predicted octanol–water partition coefficient (Wildman–Crippen LogP) is 2.58. The highest BCUT2D eigenvalue weighted by atomic mass is 16.7. The highest BCUT2D eigenvalue weighted by molar-refractivity contribution is 6.11. The molecule has 0 radical (unpaired) electrons. The van der Waals surface area contributed by atoms with Crippen molar-refractivity contribution in [3.8, 4) is 22.5 Å². The second-order valence-corrected chi connectivity index (χ2v) is 8.96. The van der Waals surface area contributed by atoms with Gasteiger partial charge in [0, 0.05) is 51.1 Å². The van der Waals surface area contributed by atoms with Crippen LogP contribution in [0.4, 0.5) is 22.2 Å². The Kier molecular flexibility index (Phi) is 7.92. The van der Waals surface area contributed by atoms with Crippen molar-refractivity contribution in [2.75, 3.05) is 48.6 Å². The molecule has 4 aromatic rings. The Morgan fingerprint density at radius 2 is 1.68 bits per heavy atom. The zero-order valence-corrected chi connectivity index (χ0v) is 22.3. The summed E-state index contributed by atoms with van der Waals surface area (Å²) in [4.78, 5) is 61.2. The third-order valence-electron chi connectivity index (χ3n) is 6.14. The fourth-order valence-electron chi connectivity index (χ4n) is 4.21. The minimum atomic E-state index is -0.981. The van der Waals surface area contributed by atoms with E-state index in [2.05, 4.69) is 19.6 Å². The van der Waals surface area contributed by atoms with E-state index >= 15 is 0 Å². The van der Waals surface area contributed by atoms with Crippen LogP contribution in [0.5, 0.6) is 0 Å². The van der Waals surface area contributed by atoms with Crippen LogP contribution < -0.4 is 15.5 Å². The second kappa shape index (κ2) is 11.9. The summed E-state index contributed by atoms with van der Waals surface area (Å²) in [5, 5.41) is 0. The number of amides is 2. The van der Waals surface area contributed by atoms with Crippen LogP contribution in [0.25, 0.3) is 33.5 Å². The lowest BCUT2D eigenvalue weighted by molar-refractivity contribution is -0.148. The molecule has 0 unspecified atom stereocenters. The molecule has 0 bridgehead atoms. The first-order valence-electron chi connectivity index (χ1n) is 12.6. The summed E-state index contributed by atoms with van der Waals surface area (Å²) in [5.74, 6) is 0.00539. The number of morpholine rings is 1. The first-order chi connectivity index (χ1) is 19.8. The van der Waals surface area contributed by atoms with Crippen LogP contribution in [-0.2, 0) is 23.8 Å². The van der Waals surface area contributed by atoms with Crippen LogP contribution in [-0.4, -0.2) is 76.0 Å². The van der Waals surface area contributed by atoms with Crippen molar-refractivity contribution in [3.05, 3.63) is 48.9 Å². The smallest absolute Gasteiger partial charge is 0.424 e. The van der Waals surface area contributed by atoms with E-state index in [1.165, 1.54) is 13.8 Å². The molecule has 4 heterocycles. The summed E-state index contributed by atoms with van der Waals surface area (Å²) in [6.07, 6.45) is 3.82. The Morgan fingerprint density at radius 3 is 2.39 bits per heavy atom. The van der Waals surface area contributed by atoms with Crippen LogP contribution in [0.1, 0.15) is 13.8 Å². The maximum atomic E-state index is 12.6. The van der Waals surface area contributed by atoms with Gasteiger partial charge in [0.2, 0.25) is 18.6 Å². The van der Waals surface area contributed by atoms with Gasteiger partial charge in [0.25, 0.3) is 0 Å². The molecule has 14 heteroatoms. The number of aromatic nitrogens is 5. The number of carbonyl (C=O) groups is 3. The van der Waals surface area contributed by atoms with Crippen molar-refractivity contribution in [3.63, 3.8) is 0 Å². The van der Waals surface area contributed by atoms with Gasteiger partial charge in [-0.1, -0.05) is 12.1 Å². The Morgan fingerprint density at radius 1 is 0.951 bits per heavy atom. The van der Waals surface area contributed by atoms with Gasteiger partial charge in [0.1, 0.15) is 5.52 Å². The average molecular weight is 559 g/mol. The van der Waals surface area contributed by atoms with Crippen molar-refractivity contribution < 1.29 is 28.6 Å². The standard InChI is InChI=1S/C27H26N8O6/c1-16(36)35(27(38)41-15-40-17(2)37)21-5-3-4-18(10-21)19-11-22-23(29-12-19)25(34-6-8-39-9-7-34)33-24(32-22)20-13-30-26(28)31-14-20/h3-5,10-14H,6-9,15H2,1-2H3,(H2,28,30,31). The number of rotatable bonds is 6. The number of nitrogens with two attached hydrogens (primary N) is 1. The molecule has 2 N–H and O–H groups in total. The maximum Gasteiger partial charge on any atom is 0.424 e. The monoisotopic (exact) mass is 558 g/mol. The van der Waals surface area contributed by atoms with Gasteiger partial charge in [0.15, 0.2) is 11.6 Å². The average Bonchev–Trinajstić information content (AvgIpc) is 2.97. The molecular weight excluding hydrogens is 532 g/mol. The van der Waals surface area contributed by atoms with Gasteiger partial charge >= 0.3 is 12.1 Å². The number of ether oxygens (including phenoxy) is 3. The van der Waals surface area contributed by atoms with E-state index in [9.17, 15) is 14.4 Å². The van der Waals surface area contributed by atoms with Crippen LogP contribution in [0.2, 0.25) is 0 Å². The molecule has 2 amide bonds. The number of fused-ring (bicyclic) bond motifs is 1. The first kappa shape index (κ1) is 27.3. The first-order valence-corrected chi connectivity index (χ1v) is 12.6. The number of benzene rings is 1. The van der Waals surface area contributed by atoms with E-state index in [0.29, 0.717) is 65.7 Å². The summed E-state index contributed by atoms with van der Waals surface area (Å²) in [6, 6.07) is 8.60. The number of carbonyl (C=O) groups excluding carboxylic acids is 3. The molecule has 14 nitrogen and oxygen atoms in total. The summed E-state index contributed by atoms with van der Waals surface area (Å²) in [7, 11) is 0. The van der Waals surface area contributed by atoms with Gasteiger partial charge in [-0.05, 0) is 23.8 Å². The number of esters is 1. The van der Waals surface area contributed by atoms with E-state index in [-0.39, 0.29) is 11.6 Å². The lowest BCUT2D eigenvalue weighted by atomic mass is 10.1. The quantitative estimate of drug-likeness (QED) is 0.270. The summed E-state index contributed by atoms with van der Waals surface area (Å²) in [5.41, 5.74) is 9.04. The molecule has 1 aliphatic rings. The van der Waals surface area contributed by atoms with Crippen molar-refractivity contribution in [2.24, 2.45) is 0 Å². The van der Waals surface area contributed by atoms with Crippen LogP contribution >= 0.6 is 0 Å². The van der Waals surface area contributed by atoms with Gasteiger partial charge in [-0.3, -0.25) is 14.6 Å². The topological polar surface area (TPSA) is 176 Å². The van der Waals surface area contributed by atoms with E-state index < -0.39 is 24.8 Å². The molecule has 210 valence electrons. The van der Waals surface area contributed by atoms with Gasteiger partial charge in [-0.15, -0.1) is 0 Å². The maximum absolute atomic E-state index is 12.6. The van der Waals surface area contributed by atoms with E-state index in [4.69, 9.17) is 30.2 Å². The molecule has 0 spiro atoms. The molecule has 3 aromatic heterocycles. The fourth-order valence-corrected chi connectivity index (χ4v) is 4.21. The number of imide groups is 1. The lowest BCUT2D eigenvalue weighted by Crippen LogP contribution is -2.37. The lowest BCUT2D eigenvalue weighted by Gasteiger charge is -2.28. The minimum absolute atomic E-state index is 0.140. The minimum Gasteiger partial charge on any atom is -0.428 e. The molecule has 5 rings (SSSR count). The van der Waals surface area contributed by atoms with E-state index in [1.54, 1.807) is 36.8 Å². The second-order valence-electron chi connectivity index (χ2n) is 8.96. The Balaban J connectivity index is 1.54. The zero-order chi connectivity index (χ0) is 28.9. The van der Waals surface area contributed by atoms with E-state index in [1.807, 2.05) is 12.1 Å². The predicted molar refractivity (Wildman–Crippen MR) is 148 cm³/mol. The molecule has 0 atom stereocenters. The molecular formula is C27H26N8O6. The number of pyridine rings is 1. The Bertz CT molecular complexity index is 1610. The summed E-state index contributed by atoms with van der Waals surface area (Å²) in [6.45, 7) is 4.20. The molecule has 1 aromatic carbocycles. The number of hydrogen-bond acceptors (Lipinski definition) is 13. The molecule has 1 aliphatic heterocycles. The van der Waals surface area contributed by atoms with Crippen LogP contribution in [0.15, 0.2) is 48.9 Å². The molecule has 41 heavy (non-hydrogen) atoms. The normalized spacial score (nSPS) is 13.1. The molecule has 0 aliphatic carbocycles. The number of hydrogen-bond donors (Lipinski definition) is 1. The highest BCUT2D eigenvalue weighted by Gasteiger charge is 2.23. The van der Waals surface area contributed by atoms with Gasteiger partial charge in [0.05, 0.1) is 30.0 Å². The third-order valence-corrected chi connectivity index (χ3v) is 6.14. The van der Waals surface area contributed by atoms with Crippen molar-refractivity contribution in [1.29, 1.82) is 0 Å². The third kappa shape index (κ3) is 6.17. The van der Waals surface area contributed by atoms with Gasteiger partial charge in [-0.2, -0.15) is 0 Å². The molecule has 0 saturated carbocycles. The van der Waals surface area contributed by atoms with E-state index in [0.717, 1.165) is 4.90 Å². The summed E-state index contributed by atoms with van der Waals surface area (Å²) >= 11 is 0. The molecule has 1 fully saturated rings. The largest absolute Gasteiger partial charge is 0.428 e. The van der Waals surface area contributed by atoms with Gasteiger partial charge in [-0.25, -0.2) is 29.6 Å².